The first-order valence-corrected chi connectivity index (χ1v) is 23.3. The quantitative estimate of drug-likeness (QED) is 0.173. The Morgan fingerprint density at radius 1 is 0.556 bits per heavy atom. The number of aliphatic hydroxyl groups excluding tert-OH is 5. The van der Waals surface area contributed by atoms with E-state index in [-0.39, 0.29) is 52.0 Å². The van der Waals surface area contributed by atoms with Gasteiger partial charge in [-0.2, -0.15) is 0 Å². The van der Waals surface area contributed by atoms with Crippen molar-refractivity contribution in [1.82, 2.24) is 0 Å². The monoisotopic (exact) mass is 755 g/mol. The van der Waals surface area contributed by atoms with E-state index in [0.717, 1.165) is 64.1 Å². The van der Waals surface area contributed by atoms with Crippen LogP contribution in [0.15, 0.2) is 0 Å². The lowest BCUT2D eigenvalue weighted by atomic mass is 9.41. The third kappa shape index (κ3) is 6.20. The standard InChI is InChI=1S/C24H42O3.C24H40O3/c2*1-5-16-20-12-15(26)8-10-24(20,4)19-9-11-23(3)17(14(2)13-25)6-7-18(23)21(19)22(16)27/h14-22,25-27H,5-13H2,1-4H3;13-22,26-27H,5-12H2,1-4H3/t2*14-,15-,16-,17-,18?,19?,20+,21?,22-,23-,24-/m11/s1. The minimum atomic E-state index is -0.238. The molecule has 8 aliphatic rings. The number of carbonyl (C=O) groups is 1. The summed E-state index contributed by atoms with van der Waals surface area (Å²) < 4.78 is 0. The Morgan fingerprint density at radius 3 is 1.35 bits per heavy atom. The van der Waals surface area contributed by atoms with Crippen LogP contribution >= 0.6 is 0 Å². The molecule has 0 aromatic carbocycles. The number of hydrogen-bond donors (Lipinski definition) is 5. The molecule has 6 nitrogen and oxygen atoms in total. The molecular formula is C48H82O6. The molecule has 0 saturated heterocycles. The first-order chi connectivity index (χ1) is 25.5. The second-order valence-corrected chi connectivity index (χ2v) is 22.4. The van der Waals surface area contributed by atoms with Gasteiger partial charge >= 0.3 is 0 Å². The van der Waals surface area contributed by atoms with Crippen LogP contribution in [-0.4, -0.2) is 62.8 Å². The van der Waals surface area contributed by atoms with E-state index in [2.05, 4.69) is 55.4 Å². The number of fused-ring (bicyclic) bond motifs is 10. The molecule has 8 aliphatic carbocycles. The zero-order valence-corrected chi connectivity index (χ0v) is 35.6. The molecule has 0 spiro atoms. The van der Waals surface area contributed by atoms with Crippen LogP contribution in [-0.2, 0) is 4.79 Å². The van der Waals surface area contributed by atoms with Gasteiger partial charge in [0.15, 0.2) is 0 Å². The van der Waals surface area contributed by atoms with Crippen molar-refractivity contribution in [2.24, 2.45) is 105 Å². The minimum Gasteiger partial charge on any atom is -0.396 e. The van der Waals surface area contributed by atoms with Crippen LogP contribution in [0, 0.1) is 105 Å². The molecule has 6 unspecified atom stereocenters. The van der Waals surface area contributed by atoms with Crippen LogP contribution in [0.2, 0.25) is 0 Å². The fourth-order valence-electron chi connectivity index (χ4n) is 18.0. The van der Waals surface area contributed by atoms with Gasteiger partial charge in [0.1, 0.15) is 6.29 Å². The van der Waals surface area contributed by atoms with E-state index in [4.69, 9.17) is 0 Å². The molecule has 0 heterocycles. The van der Waals surface area contributed by atoms with Crippen molar-refractivity contribution in [3.8, 4) is 0 Å². The average molecular weight is 755 g/mol. The summed E-state index contributed by atoms with van der Waals surface area (Å²) in [6.07, 6.45) is 17.9. The average Bonchev–Trinajstić information content (AvgIpc) is 3.69. The summed E-state index contributed by atoms with van der Waals surface area (Å²) in [6.45, 7) is 19.0. The SMILES string of the molecule is CC[C@H]1[C@@H](O)C2C3CC[C@H]([C@H](C)C=O)[C@@]3(C)CCC2[C@@]2(C)CC[C@@H](O)C[C@@H]12.CC[C@H]1[C@@H](O)C2C3CC[C@H]([C@H](C)CO)[C@@]3(C)CCC2[C@@]2(C)CC[C@@H](O)C[C@@H]12. The first-order valence-electron chi connectivity index (χ1n) is 23.3. The summed E-state index contributed by atoms with van der Waals surface area (Å²) in [5.41, 5.74) is 1.03. The first kappa shape index (κ1) is 41.6. The lowest BCUT2D eigenvalue weighted by molar-refractivity contribution is -0.203. The summed E-state index contributed by atoms with van der Waals surface area (Å²) >= 11 is 0. The van der Waals surface area contributed by atoms with Crippen molar-refractivity contribution < 1.29 is 30.3 Å². The van der Waals surface area contributed by atoms with Crippen molar-refractivity contribution in [3.63, 3.8) is 0 Å². The predicted octanol–water partition coefficient (Wildman–Crippen LogP) is 8.69. The molecular weight excluding hydrogens is 673 g/mol. The number of aldehydes is 1. The highest BCUT2D eigenvalue weighted by atomic mass is 16.3. The van der Waals surface area contributed by atoms with Crippen LogP contribution in [0.3, 0.4) is 0 Å². The number of hydrogen-bond acceptors (Lipinski definition) is 6. The Hall–Kier alpha value is -0.530. The van der Waals surface area contributed by atoms with Crippen LogP contribution in [0.4, 0.5) is 0 Å². The van der Waals surface area contributed by atoms with Crippen LogP contribution in [0.1, 0.15) is 158 Å². The number of carbonyl (C=O) groups excluding carboxylic acids is 1. The molecule has 8 rings (SSSR count). The van der Waals surface area contributed by atoms with Gasteiger partial charge in [-0.05, 0) is 188 Å². The van der Waals surface area contributed by atoms with E-state index in [1.165, 1.54) is 44.9 Å². The van der Waals surface area contributed by atoms with Gasteiger partial charge in [-0.25, -0.2) is 0 Å². The van der Waals surface area contributed by atoms with E-state index in [9.17, 15) is 30.3 Å². The zero-order valence-electron chi connectivity index (χ0n) is 35.6. The molecule has 310 valence electrons. The minimum absolute atomic E-state index is 0.132. The van der Waals surface area contributed by atoms with Gasteiger partial charge in [0.25, 0.3) is 0 Å². The maximum atomic E-state index is 11.6. The summed E-state index contributed by atoms with van der Waals surface area (Å²) in [6, 6.07) is 0. The fourth-order valence-corrected chi connectivity index (χ4v) is 18.0. The Morgan fingerprint density at radius 2 is 0.944 bits per heavy atom. The van der Waals surface area contributed by atoms with Crippen molar-refractivity contribution in [1.29, 1.82) is 0 Å². The molecule has 6 heteroatoms. The van der Waals surface area contributed by atoms with Gasteiger partial charge < -0.3 is 30.3 Å². The second kappa shape index (κ2) is 15.3. The van der Waals surface area contributed by atoms with Crippen LogP contribution in [0.25, 0.3) is 0 Å². The van der Waals surface area contributed by atoms with Crippen molar-refractivity contribution in [3.05, 3.63) is 0 Å². The summed E-state index contributed by atoms with van der Waals surface area (Å²) in [4.78, 5) is 11.6. The molecule has 0 aromatic heterocycles. The van der Waals surface area contributed by atoms with Crippen LogP contribution in [0.5, 0.6) is 0 Å². The summed E-state index contributed by atoms with van der Waals surface area (Å²) in [5.74, 6) is 6.30. The Balaban J connectivity index is 0.000000167. The molecule has 8 saturated carbocycles. The topological polar surface area (TPSA) is 118 Å². The molecule has 0 aromatic rings. The highest BCUT2D eigenvalue weighted by Gasteiger charge is 2.66. The zero-order chi connectivity index (χ0) is 39.1. The third-order valence-electron chi connectivity index (χ3n) is 20.8. The molecule has 5 N–H and O–H groups in total. The Labute approximate surface area is 329 Å². The van der Waals surface area contributed by atoms with Gasteiger partial charge in [-0.1, -0.05) is 68.2 Å². The van der Waals surface area contributed by atoms with E-state index >= 15 is 0 Å². The maximum absolute atomic E-state index is 11.6. The highest BCUT2D eigenvalue weighted by molar-refractivity contribution is 5.53. The van der Waals surface area contributed by atoms with Gasteiger partial charge in [0.05, 0.1) is 24.4 Å². The van der Waals surface area contributed by atoms with Crippen molar-refractivity contribution in [2.45, 2.75) is 183 Å². The number of rotatable bonds is 6. The van der Waals surface area contributed by atoms with Gasteiger partial charge in [-0.15, -0.1) is 0 Å². The van der Waals surface area contributed by atoms with Gasteiger partial charge in [-0.3, -0.25) is 0 Å². The summed E-state index contributed by atoms with van der Waals surface area (Å²) in [5, 5.41) is 53.7. The van der Waals surface area contributed by atoms with E-state index in [0.29, 0.717) is 83.5 Å². The number of aliphatic hydroxyl groups is 5. The third-order valence-corrected chi connectivity index (χ3v) is 20.8. The molecule has 0 aliphatic heterocycles. The van der Waals surface area contributed by atoms with Gasteiger partial charge in [0, 0.05) is 12.5 Å². The van der Waals surface area contributed by atoms with Gasteiger partial charge in [0.2, 0.25) is 0 Å². The molecule has 0 amide bonds. The van der Waals surface area contributed by atoms with E-state index in [1.807, 2.05) is 0 Å². The van der Waals surface area contributed by atoms with E-state index < -0.39 is 0 Å². The smallest absolute Gasteiger partial charge is 0.123 e. The molecule has 8 fully saturated rings. The molecule has 22 atom stereocenters. The maximum Gasteiger partial charge on any atom is 0.123 e. The largest absolute Gasteiger partial charge is 0.396 e. The predicted molar refractivity (Wildman–Crippen MR) is 215 cm³/mol. The highest BCUT2D eigenvalue weighted by Crippen LogP contribution is 2.71. The molecule has 0 radical (unpaired) electrons. The van der Waals surface area contributed by atoms with Crippen LogP contribution < -0.4 is 0 Å². The second-order valence-electron chi connectivity index (χ2n) is 22.4. The van der Waals surface area contributed by atoms with E-state index in [1.54, 1.807) is 0 Å². The Bertz CT molecular complexity index is 1320. The molecule has 54 heavy (non-hydrogen) atoms. The Kier molecular flexibility index (Phi) is 11.8. The van der Waals surface area contributed by atoms with Crippen molar-refractivity contribution in [2.75, 3.05) is 6.61 Å². The van der Waals surface area contributed by atoms with Crippen molar-refractivity contribution >= 4 is 6.29 Å². The molecule has 0 bridgehead atoms. The fraction of sp³-hybridized carbons (Fsp3) is 0.979. The normalized spacial score (nSPS) is 56.0. The summed E-state index contributed by atoms with van der Waals surface area (Å²) in [7, 11) is 0. The lowest BCUT2D eigenvalue weighted by Crippen LogP contribution is -2.62. The lowest BCUT2D eigenvalue weighted by Gasteiger charge is -2.64.